The van der Waals surface area contributed by atoms with Gasteiger partial charge in [-0.2, -0.15) is 5.26 Å². The fourth-order valence-corrected chi connectivity index (χ4v) is 3.17. The number of carbonyl (C=O) groups excluding carboxylic acids is 1. The number of nitriles is 1. The van der Waals surface area contributed by atoms with Crippen molar-refractivity contribution in [2.45, 2.75) is 13.5 Å². The van der Waals surface area contributed by atoms with Crippen LogP contribution in [0.15, 0.2) is 66.2 Å². The Labute approximate surface area is 195 Å². The number of nitrogens with one attached hydrogen (secondary N) is 1. The van der Waals surface area contributed by atoms with Gasteiger partial charge in [-0.1, -0.05) is 53.0 Å². The molecule has 0 atom stereocenters. The third-order valence-electron chi connectivity index (χ3n) is 4.37. The summed E-state index contributed by atoms with van der Waals surface area (Å²) in [6.45, 7) is 2.15. The largest absolute Gasteiger partial charge is 0.488 e. The second-order valence-electron chi connectivity index (χ2n) is 6.69. The summed E-state index contributed by atoms with van der Waals surface area (Å²) in [6, 6.07) is 19.3. The summed E-state index contributed by atoms with van der Waals surface area (Å²) in [7, 11) is 0. The molecule has 4 nitrogen and oxygen atoms in total. The number of aryl methyl sites for hydroxylation is 1. The average Bonchev–Trinajstić information content (AvgIpc) is 2.75. The molecule has 3 rings (SSSR count). The van der Waals surface area contributed by atoms with Gasteiger partial charge in [0.1, 0.15) is 24.0 Å². The predicted octanol–water partition coefficient (Wildman–Crippen LogP) is 7.08. The Morgan fingerprint density at radius 1 is 1.03 bits per heavy atom. The zero-order valence-electron chi connectivity index (χ0n) is 16.5. The van der Waals surface area contributed by atoms with Gasteiger partial charge in [0, 0.05) is 26.3 Å². The molecule has 0 aliphatic rings. The van der Waals surface area contributed by atoms with Crippen LogP contribution in [0.2, 0.25) is 15.1 Å². The topological polar surface area (TPSA) is 62.1 Å². The number of nitrogens with zero attached hydrogens (tertiary/aromatic N) is 1. The minimum absolute atomic E-state index is 0.102. The highest BCUT2D eigenvalue weighted by molar-refractivity contribution is 6.32. The van der Waals surface area contributed by atoms with E-state index in [0.717, 1.165) is 11.1 Å². The van der Waals surface area contributed by atoms with Crippen LogP contribution in [0.1, 0.15) is 16.7 Å². The molecule has 7 heteroatoms. The summed E-state index contributed by atoms with van der Waals surface area (Å²) in [6.07, 6.45) is 1.44. The van der Waals surface area contributed by atoms with E-state index in [4.69, 9.17) is 39.5 Å². The van der Waals surface area contributed by atoms with Gasteiger partial charge in [0.15, 0.2) is 0 Å². The van der Waals surface area contributed by atoms with E-state index >= 15 is 0 Å². The molecule has 156 valence electrons. The normalized spacial score (nSPS) is 11.0. The number of hydrogen-bond acceptors (Lipinski definition) is 3. The smallest absolute Gasteiger partial charge is 0.266 e. The fraction of sp³-hybridized carbons (Fsp3) is 0.0833. The molecule has 0 radical (unpaired) electrons. The minimum Gasteiger partial charge on any atom is -0.488 e. The first-order valence-corrected chi connectivity index (χ1v) is 10.3. The van der Waals surface area contributed by atoms with Gasteiger partial charge in [-0.3, -0.25) is 4.79 Å². The maximum atomic E-state index is 12.6. The van der Waals surface area contributed by atoms with E-state index in [1.165, 1.54) is 6.08 Å². The molecular formula is C24H17Cl3N2O2. The molecule has 1 N–H and O–H groups in total. The number of carbonyl (C=O) groups is 1. The molecule has 31 heavy (non-hydrogen) atoms. The van der Waals surface area contributed by atoms with Crippen molar-refractivity contribution in [2.75, 3.05) is 5.32 Å². The van der Waals surface area contributed by atoms with Crippen molar-refractivity contribution in [3.8, 4) is 11.8 Å². The Balaban J connectivity index is 1.82. The molecule has 0 aromatic heterocycles. The Kier molecular flexibility index (Phi) is 7.59. The monoisotopic (exact) mass is 470 g/mol. The Hall–Kier alpha value is -2.97. The summed E-state index contributed by atoms with van der Waals surface area (Å²) < 4.78 is 5.89. The fourth-order valence-electron chi connectivity index (χ4n) is 2.68. The number of halogens is 3. The number of hydrogen-bond donors (Lipinski definition) is 1. The second-order valence-corrected chi connectivity index (χ2v) is 7.97. The third kappa shape index (κ3) is 6.26. The lowest BCUT2D eigenvalue weighted by Crippen LogP contribution is -2.13. The molecule has 0 saturated carbocycles. The first-order chi connectivity index (χ1) is 14.9. The predicted molar refractivity (Wildman–Crippen MR) is 126 cm³/mol. The summed E-state index contributed by atoms with van der Waals surface area (Å²) >= 11 is 18.1. The van der Waals surface area contributed by atoms with Crippen molar-refractivity contribution in [2.24, 2.45) is 0 Å². The molecule has 0 unspecified atom stereocenters. The first-order valence-electron chi connectivity index (χ1n) is 9.22. The van der Waals surface area contributed by atoms with E-state index in [-0.39, 0.29) is 12.2 Å². The molecule has 0 spiro atoms. The van der Waals surface area contributed by atoms with E-state index in [1.54, 1.807) is 48.5 Å². The molecule has 0 saturated heterocycles. The van der Waals surface area contributed by atoms with Gasteiger partial charge in [0.05, 0.1) is 0 Å². The minimum atomic E-state index is -0.564. The molecule has 0 aliphatic heterocycles. The van der Waals surface area contributed by atoms with Crippen LogP contribution in [-0.4, -0.2) is 5.91 Å². The van der Waals surface area contributed by atoms with Crippen molar-refractivity contribution in [3.63, 3.8) is 0 Å². The zero-order valence-corrected chi connectivity index (χ0v) is 18.7. The van der Waals surface area contributed by atoms with E-state index in [0.29, 0.717) is 32.1 Å². The van der Waals surface area contributed by atoms with Gasteiger partial charge in [0.25, 0.3) is 5.91 Å². The van der Waals surface area contributed by atoms with Crippen LogP contribution in [-0.2, 0) is 11.4 Å². The van der Waals surface area contributed by atoms with Gasteiger partial charge in [-0.25, -0.2) is 0 Å². The molecular weight excluding hydrogens is 455 g/mol. The molecule has 1 amide bonds. The number of amides is 1. The molecule has 0 fully saturated rings. The van der Waals surface area contributed by atoms with Crippen LogP contribution in [0.4, 0.5) is 5.69 Å². The van der Waals surface area contributed by atoms with E-state index in [2.05, 4.69) is 5.32 Å². The molecule has 0 aliphatic carbocycles. The van der Waals surface area contributed by atoms with Crippen LogP contribution in [0.25, 0.3) is 6.08 Å². The number of benzene rings is 3. The van der Waals surface area contributed by atoms with Crippen LogP contribution in [0, 0.1) is 18.3 Å². The van der Waals surface area contributed by atoms with Crippen molar-refractivity contribution < 1.29 is 9.53 Å². The molecule has 3 aromatic rings. The van der Waals surface area contributed by atoms with Gasteiger partial charge < -0.3 is 10.1 Å². The van der Waals surface area contributed by atoms with Crippen molar-refractivity contribution in [3.05, 3.63) is 98.0 Å². The van der Waals surface area contributed by atoms with Gasteiger partial charge in [0.2, 0.25) is 0 Å². The Bertz CT molecular complexity index is 1180. The SMILES string of the molecule is Cc1ccc(NC(=O)/C(C#N)=C/c2cc(Cl)ccc2OCc2ccc(Cl)cc2)cc1Cl. The second kappa shape index (κ2) is 10.4. The van der Waals surface area contributed by atoms with E-state index in [9.17, 15) is 10.1 Å². The van der Waals surface area contributed by atoms with Crippen molar-refractivity contribution in [1.82, 2.24) is 0 Å². The maximum absolute atomic E-state index is 12.6. The lowest BCUT2D eigenvalue weighted by atomic mass is 10.1. The summed E-state index contributed by atoms with van der Waals surface area (Å²) in [5, 5.41) is 13.8. The highest BCUT2D eigenvalue weighted by Gasteiger charge is 2.13. The summed E-state index contributed by atoms with van der Waals surface area (Å²) in [4.78, 5) is 12.6. The molecule has 0 bridgehead atoms. The highest BCUT2D eigenvalue weighted by Crippen LogP contribution is 2.27. The number of rotatable bonds is 6. The highest BCUT2D eigenvalue weighted by atomic mass is 35.5. The van der Waals surface area contributed by atoms with E-state index in [1.807, 2.05) is 25.1 Å². The standard InChI is InChI=1S/C24H17Cl3N2O2/c1-15-2-8-21(12-22(15)27)29-24(30)18(13-28)10-17-11-20(26)7-9-23(17)31-14-16-3-5-19(25)6-4-16/h2-12H,14H2,1H3,(H,29,30)/b18-10+. The lowest BCUT2D eigenvalue weighted by Gasteiger charge is -2.11. The quantitative estimate of drug-likeness (QED) is 0.308. The van der Waals surface area contributed by atoms with Crippen LogP contribution in [0.5, 0.6) is 5.75 Å². The number of anilines is 1. The van der Waals surface area contributed by atoms with Crippen LogP contribution < -0.4 is 10.1 Å². The zero-order chi connectivity index (χ0) is 22.4. The third-order valence-corrected chi connectivity index (χ3v) is 5.27. The van der Waals surface area contributed by atoms with Crippen LogP contribution in [0.3, 0.4) is 0 Å². The van der Waals surface area contributed by atoms with Gasteiger partial charge in [-0.15, -0.1) is 0 Å². The first kappa shape index (κ1) is 22.7. The lowest BCUT2D eigenvalue weighted by molar-refractivity contribution is -0.112. The van der Waals surface area contributed by atoms with Crippen LogP contribution >= 0.6 is 34.8 Å². The van der Waals surface area contributed by atoms with Crippen molar-refractivity contribution >= 4 is 52.5 Å². The van der Waals surface area contributed by atoms with Crippen molar-refractivity contribution in [1.29, 1.82) is 5.26 Å². The number of ether oxygens (including phenoxy) is 1. The summed E-state index contributed by atoms with van der Waals surface area (Å²) in [5.74, 6) is -0.0793. The Morgan fingerprint density at radius 2 is 1.74 bits per heavy atom. The van der Waals surface area contributed by atoms with Gasteiger partial charge in [-0.05, 0) is 66.6 Å². The molecule has 0 heterocycles. The molecule has 3 aromatic carbocycles. The summed E-state index contributed by atoms with van der Waals surface area (Å²) in [5.41, 5.74) is 2.71. The van der Waals surface area contributed by atoms with E-state index < -0.39 is 5.91 Å². The maximum Gasteiger partial charge on any atom is 0.266 e. The Morgan fingerprint density at radius 3 is 2.42 bits per heavy atom. The average molecular weight is 472 g/mol. The van der Waals surface area contributed by atoms with Gasteiger partial charge >= 0.3 is 0 Å².